The smallest absolute Gasteiger partial charge is 0.0501 e. The van der Waals surface area contributed by atoms with Crippen LogP contribution in [0.2, 0.25) is 0 Å². The minimum atomic E-state index is -0.591. The highest BCUT2D eigenvalue weighted by Gasteiger charge is 2.30. The summed E-state index contributed by atoms with van der Waals surface area (Å²) in [5.74, 6) is 0.908. The molecule has 3 heteroatoms. The van der Waals surface area contributed by atoms with Gasteiger partial charge in [-0.15, -0.1) is 0 Å². The quantitative estimate of drug-likeness (QED) is 0.729. The van der Waals surface area contributed by atoms with Gasteiger partial charge in [-0.25, -0.2) is 0 Å². The van der Waals surface area contributed by atoms with Crippen molar-refractivity contribution in [1.29, 1.82) is 0 Å². The zero-order chi connectivity index (χ0) is 11.1. The summed E-state index contributed by atoms with van der Waals surface area (Å²) in [6, 6.07) is 0.530. The topological polar surface area (TPSA) is 29.1 Å². The van der Waals surface area contributed by atoms with Crippen molar-refractivity contribution in [3.63, 3.8) is 0 Å². The third-order valence-corrected chi connectivity index (χ3v) is 5.08. The standard InChI is InChI=1S/C12H25NOS/c1-3-5-10-15(14)12-8-6-7-11(12)13-9-4-2/h11-13H,3-10H2,1-2H3. The van der Waals surface area contributed by atoms with E-state index in [1.807, 2.05) is 0 Å². The van der Waals surface area contributed by atoms with Gasteiger partial charge in [0.2, 0.25) is 0 Å². The third kappa shape index (κ3) is 4.23. The molecule has 90 valence electrons. The van der Waals surface area contributed by atoms with Gasteiger partial charge in [-0.1, -0.05) is 26.7 Å². The van der Waals surface area contributed by atoms with Crippen LogP contribution in [-0.2, 0) is 10.8 Å². The Hall–Kier alpha value is 0.110. The van der Waals surface area contributed by atoms with E-state index in [4.69, 9.17) is 0 Å². The molecule has 0 aromatic carbocycles. The Morgan fingerprint density at radius 1 is 1.27 bits per heavy atom. The molecule has 1 fully saturated rings. The summed E-state index contributed by atoms with van der Waals surface area (Å²) in [7, 11) is -0.591. The van der Waals surface area contributed by atoms with Gasteiger partial charge in [-0.2, -0.15) is 0 Å². The second kappa shape index (κ2) is 7.39. The molecule has 1 rings (SSSR count). The first-order chi connectivity index (χ1) is 7.29. The van der Waals surface area contributed by atoms with Crippen LogP contribution in [-0.4, -0.2) is 27.8 Å². The van der Waals surface area contributed by atoms with Crippen molar-refractivity contribution in [3.05, 3.63) is 0 Å². The highest BCUT2D eigenvalue weighted by atomic mass is 32.2. The Kier molecular flexibility index (Phi) is 6.50. The first-order valence-electron chi connectivity index (χ1n) is 6.40. The number of unbranched alkanes of at least 4 members (excludes halogenated alkanes) is 1. The summed E-state index contributed by atoms with van der Waals surface area (Å²) < 4.78 is 12.0. The predicted molar refractivity (Wildman–Crippen MR) is 67.6 cm³/mol. The molecule has 1 N–H and O–H groups in total. The van der Waals surface area contributed by atoms with Crippen LogP contribution >= 0.6 is 0 Å². The van der Waals surface area contributed by atoms with E-state index in [1.165, 1.54) is 19.3 Å². The van der Waals surface area contributed by atoms with Gasteiger partial charge in [-0.3, -0.25) is 4.21 Å². The molecule has 3 atom stereocenters. The van der Waals surface area contributed by atoms with E-state index in [0.717, 1.165) is 31.6 Å². The molecule has 15 heavy (non-hydrogen) atoms. The van der Waals surface area contributed by atoms with E-state index >= 15 is 0 Å². The maximum Gasteiger partial charge on any atom is 0.0501 e. The molecule has 0 aromatic rings. The Balaban J connectivity index is 2.34. The van der Waals surface area contributed by atoms with Crippen LogP contribution in [0.4, 0.5) is 0 Å². The third-order valence-electron chi connectivity index (χ3n) is 3.15. The van der Waals surface area contributed by atoms with Crippen molar-refractivity contribution < 1.29 is 4.21 Å². The Morgan fingerprint density at radius 2 is 2.07 bits per heavy atom. The van der Waals surface area contributed by atoms with E-state index in [9.17, 15) is 4.21 Å². The van der Waals surface area contributed by atoms with Gasteiger partial charge in [0, 0.05) is 22.6 Å². The zero-order valence-electron chi connectivity index (χ0n) is 10.1. The summed E-state index contributed by atoms with van der Waals surface area (Å²) >= 11 is 0. The van der Waals surface area contributed by atoms with Gasteiger partial charge in [0.15, 0.2) is 0 Å². The fraction of sp³-hybridized carbons (Fsp3) is 1.00. The van der Waals surface area contributed by atoms with Crippen LogP contribution in [0.15, 0.2) is 0 Å². The SMILES string of the molecule is CCCCS(=O)C1CCCC1NCCC. The van der Waals surface area contributed by atoms with Crippen molar-refractivity contribution in [2.75, 3.05) is 12.3 Å². The van der Waals surface area contributed by atoms with Gasteiger partial charge < -0.3 is 5.32 Å². The lowest BCUT2D eigenvalue weighted by Gasteiger charge is -2.20. The first-order valence-corrected chi connectivity index (χ1v) is 7.78. The Labute approximate surface area is 96.7 Å². The van der Waals surface area contributed by atoms with Crippen molar-refractivity contribution in [1.82, 2.24) is 5.32 Å². The Morgan fingerprint density at radius 3 is 2.73 bits per heavy atom. The molecule has 0 aromatic heterocycles. The van der Waals surface area contributed by atoms with Gasteiger partial charge >= 0.3 is 0 Å². The average molecular weight is 231 g/mol. The number of hydrogen-bond acceptors (Lipinski definition) is 2. The number of rotatable bonds is 7. The van der Waals surface area contributed by atoms with E-state index in [0.29, 0.717) is 11.3 Å². The predicted octanol–water partition coefficient (Wildman–Crippen LogP) is 2.46. The highest BCUT2D eigenvalue weighted by Crippen LogP contribution is 2.24. The maximum absolute atomic E-state index is 12.0. The van der Waals surface area contributed by atoms with Crippen molar-refractivity contribution in [3.8, 4) is 0 Å². The van der Waals surface area contributed by atoms with Crippen LogP contribution in [0.3, 0.4) is 0 Å². The molecule has 0 amide bonds. The van der Waals surface area contributed by atoms with E-state index in [1.54, 1.807) is 0 Å². The molecule has 1 saturated carbocycles. The summed E-state index contributed by atoms with van der Waals surface area (Å²) in [5, 5.41) is 3.98. The van der Waals surface area contributed by atoms with Gasteiger partial charge in [-0.05, 0) is 32.2 Å². The van der Waals surface area contributed by atoms with E-state index in [2.05, 4.69) is 19.2 Å². The van der Waals surface area contributed by atoms with Crippen molar-refractivity contribution >= 4 is 10.8 Å². The molecule has 0 heterocycles. The average Bonchev–Trinajstić information content (AvgIpc) is 2.71. The minimum absolute atomic E-state index is 0.433. The van der Waals surface area contributed by atoms with Crippen LogP contribution in [0.1, 0.15) is 52.4 Å². The van der Waals surface area contributed by atoms with Crippen LogP contribution < -0.4 is 5.32 Å². The van der Waals surface area contributed by atoms with Crippen LogP contribution in [0, 0.1) is 0 Å². The van der Waals surface area contributed by atoms with Gasteiger partial charge in [0.25, 0.3) is 0 Å². The largest absolute Gasteiger partial charge is 0.313 e. The van der Waals surface area contributed by atoms with Crippen LogP contribution in [0.5, 0.6) is 0 Å². The molecule has 0 aliphatic heterocycles. The minimum Gasteiger partial charge on any atom is -0.313 e. The maximum atomic E-state index is 12.0. The van der Waals surface area contributed by atoms with Gasteiger partial charge in [0.05, 0.1) is 5.25 Å². The molecular weight excluding hydrogens is 206 g/mol. The fourth-order valence-corrected chi connectivity index (χ4v) is 4.15. The highest BCUT2D eigenvalue weighted by molar-refractivity contribution is 7.85. The molecule has 3 unspecified atom stereocenters. The first kappa shape index (κ1) is 13.2. The normalized spacial score (nSPS) is 28.1. The summed E-state index contributed by atoms with van der Waals surface area (Å²) in [6.07, 6.45) is 7.09. The summed E-state index contributed by atoms with van der Waals surface area (Å²) in [4.78, 5) is 0. The fourth-order valence-electron chi connectivity index (χ4n) is 2.24. The number of hydrogen-bond donors (Lipinski definition) is 1. The molecule has 0 spiro atoms. The zero-order valence-corrected chi connectivity index (χ0v) is 10.9. The lowest BCUT2D eigenvalue weighted by molar-refractivity contribution is 0.522. The van der Waals surface area contributed by atoms with Gasteiger partial charge in [0.1, 0.15) is 0 Å². The summed E-state index contributed by atoms with van der Waals surface area (Å²) in [5.41, 5.74) is 0. The molecule has 0 radical (unpaired) electrons. The molecule has 1 aliphatic carbocycles. The Bertz CT molecular complexity index is 196. The number of nitrogens with one attached hydrogen (secondary N) is 1. The van der Waals surface area contributed by atoms with E-state index in [-0.39, 0.29) is 0 Å². The summed E-state index contributed by atoms with van der Waals surface area (Å²) in [6.45, 7) is 5.43. The lowest BCUT2D eigenvalue weighted by Crippen LogP contribution is -2.39. The molecule has 1 aliphatic rings. The second-order valence-electron chi connectivity index (χ2n) is 4.47. The molecular formula is C12H25NOS. The van der Waals surface area contributed by atoms with Crippen molar-refractivity contribution in [2.24, 2.45) is 0 Å². The molecule has 2 nitrogen and oxygen atoms in total. The second-order valence-corrected chi connectivity index (χ2v) is 6.24. The molecule has 0 saturated heterocycles. The monoisotopic (exact) mass is 231 g/mol. The van der Waals surface area contributed by atoms with E-state index < -0.39 is 10.8 Å². The van der Waals surface area contributed by atoms with Crippen molar-refractivity contribution in [2.45, 2.75) is 63.7 Å². The van der Waals surface area contributed by atoms with Crippen LogP contribution in [0.25, 0.3) is 0 Å². The molecule has 0 bridgehead atoms. The lowest BCUT2D eigenvalue weighted by atomic mass is 10.2.